The van der Waals surface area contributed by atoms with Gasteiger partial charge in [-0.1, -0.05) is 25.7 Å². The Morgan fingerprint density at radius 3 is 2.58 bits per heavy atom. The van der Waals surface area contributed by atoms with Crippen LogP contribution in [0.25, 0.3) is 0 Å². The van der Waals surface area contributed by atoms with Crippen LogP contribution >= 0.6 is 0 Å². The van der Waals surface area contributed by atoms with E-state index in [1.807, 2.05) is 0 Å². The van der Waals surface area contributed by atoms with Gasteiger partial charge < -0.3 is 15.2 Å². The second-order valence-corrected chi connectivity index (χ2v) is 6.09. The van der Waals surface area contributed by atoms with Crippen molar-refractivity contribution >= 4 is 5.91 Å². The van der Waals surface area contributed by atoms with Crippen molar-refractivity contribution in [2.45, 2.75) is 75.9 Å². The highest BCUT2D eigenvalue weighted by atomic mass is 16.5. The lowest BCUT2D eigenvalue weighted by molar-refractivity contribution is -0.125. The number of hydrogen-bond acceptors (Lipinski definition) is 3. The van der Waals surface area contributed by atoms with Gasteiger partial charge in [-0.15, -0.1) is 0 Å². The highest BCUT2D eigenvalue weighted by molar-refractivity contribution is 5.77. The Morgan fingerprint density at radius 2 is 1.89 bits per heavy atom. The molecule has 0 unspecified atom stereocenters. The molecule has 4 heteroatoms. The van der Waals surface area contributed by atoms with Crippen LogP contribution in [0.5, 0.6) is 0 Å². The zero-order valence-electron chi connectivity index (χ0n) is 11.8. The van der Waals surface area contributed by atoms with Gasteiger partial charge in [-0.05, 0) is 32.1 Å². The van der Waals surface area contributed by atoms with E-state index >= 15 is 0 Å². The molecule has 2 saturated carbocycles. The molecule has 0 spiro atoms. The molecule has 2 fully saturated rings. The van der Waals surface area contributed by atoms with Crippen molar-refractivity contribution < 1.29 is 14.6 Å². The van der Waals surface area contributed by atoms with Crippen LogP contribution in [-0.4, -0.2) is 35.9 Å². The molecule has 0 saturated heterocycles. The molecule has 2 N–H and O–H groups in total. The lowest BCUT2D eigenvalue weighted by Gasteiger charge is -2.21. The number of rotatable bonds is 7. The minimum atomic E-state index is -0.732. The van der Waals surface area contributed by atoms with Gasteiger partial charge >= 0.3 is 0 Å². The first-order valence-corrected chi connectivity index (χ1v) is 7.79. The predicted octanol–water partition coefficient (Wildman–Crippen LogP) is 2.15. The number of carbonyl (C=O) groups excluding carboxylic acids is 1. The SMILES string of the molecule is O=C(CC1(O)CCCC1)NCCCOC1CCCC1. The smallest absolute Gasteiger partial charge is 0.222 e. The van der Waals surface area contributed by atoms with Crippen molar-refractivity contribution in [1.82, 2.24) is 5.32 Å². The van der Waals surface area contributed by atoms with Gasteiger partial charge in [0.15, 0.2) is 0 Å². The van der Waals surface area contributed by atoms with Crippen molar-refractivity contribution in [1.29, 1.82) is 0 Å². The summed E-state index contributed by atoms with van der Waals surface area (Å²) < 4.78 is 5.74. The average molecular weight is 269 g/mol. The third kappa shape index (κ3) is 5.11. The molecule has 0 heterocycles. The summed E-state index contributed by atoms with van der Waals surface area (Å²) in [5.74, 6) is -0.0229. The molecule has 0 aliphatic heterocycles. The quantitative estimate of drug-likeness (QED) is 0.696. The topological polar surface area (TPSA) is 58.6 Å². The molecule has 2 aliphatic carbocycles. The summed E-state index contributed by atoms with van der Waals surface area (Å²) >= 11 is 0. The van der Waals surface area contributed by atoms with E-state index in [0.717, 1.165) is 38.7 Å². The maximum atomic E-state index is 11.7. The molecular weight excluding hydrogens is 242 g/mol. The van der Waals surface area contributed by atoms with Gasteiger partial charge in [-0.3, -0.25) is 4.79 Å². The fourth-order valence-corrected chi connectivity index (χ4v) is 3.18. The summed E-state index contributed by atoms with van der Waals surface area (Å²) in [6.07, 6.45) is 10.2. The second kappa shape index (κ2) is 7.25. The maximum Gasteiger partial charge on any atom is 0.222 e. The Morgan fingerprint density at radius 1 is 1.21 bits per heavy atom. The minimum absolute atomic E-state index is 0.0229. The Bertz CT molecular complexity index is 281. The molecule has 4 nitrogen and oxygen atoms in total. The molecule has 0 atom stereocenters. The molecule has 0 aromatic heterocycles. The maximum absolute atomic E-state index is 11.7. The molecule has 2 aliphatic rings. The van der Waals surface area contributed by atoms with Crippen molar-refractivity contribution in [3.8, 4) is 0 Å². The van der Waals surface area contributed by atoms with E-state index in [1.165, 1.54) is 25.7 Å². The van der Waals surface area contributed by atoms with Crippen LogP contribution in [0.1, 0.15) is 64.2 Å². The summed E-state index contributed by atoms with van der Waals surface area (Å²) in [6.45, 7) is 1.39. The fraction of sp³-hybridized carbons (Fsp3) is 0.933. The number of hydrogen-bond donors (Lipinski definition) is 2. The molecule has 0 aromatic rings. The first kappa shape index (κ1) is 14.8. The number of amides is 1. The predicted molar refractivity (Wildman–Crippen MR) is 73.9 cm³/mol. The van der Waals surface area contributed by atoms with Gasteiger partial charge in [0.1, 0.15) is 0 Å². The largest absolute Gasteiger partial charge is 0.389 e. The Balaban J connectivity index is 1.49. The van der Waals surface area contributed by atoms with Crippen molar-refractivity contribution in [3.63, 3.8) is 0 Å². The third-order valence-corrected chi connectivity index (χ3v) is 4.32. The van der Waals surface area contributed by atoms with E-state index < -0.39 is 5.60 Å². The monoisotopic (exact) mass is 269 g/mol. The minimum Gasteiger partial charge on any atom is -0.389 e. The molecule has 2 rings (SSSR count). The highest BCUT2D eigenvalue weighted by Crippen LogP contribution is 2.32. The van der Waals surface area contributed by atoms with Gasteiger partial charge in [0.2, 0.25) is 5.91 Å². The Kier molecular flexibility index (Phi) is 5.64. The number of aliphatic hydroxyl groups is 1. The number of carbonyl (C=O) groups is 1. The lowest BCUT2D eigenvalue weighted by Crippen LogP contribution is -2.35. The van der Waals surface area contributed by atoms with E-state index in [4.69, 9.17) is 4.74 Å². The van der Waals surface area contributed by atoms with E-state index in [0.29, 0.717) is 12.6 Å². The van der Waals surface area contributed by atoms with Crippen molar-refractivity contribution in [3.05, 3.63) is 0 Å². The molecule has 19 heavy (non-hydrogen) atoms. The van der Waals surface area contributed by atoms with Gasteiger partial charge in [0.05, 0.1) is 18.1 Å². The molecule has 0 bridgehead atoms. The van der Waals surface area contributed by atoms with E-state index in [9.17, 15) is 9.90 Å². The summed E-state index contributed by atoms with van der Waals surface area (Å²) in [6, 6.07) is 0. The van der Waals surface area contributed by atoms with Crippen LogP contribution in [0, 0.1) is 0 Å². The fourth-order valence-electron chi connectivity index (χ4n) is 3.18. The van der Waals surface area contributed by atoms with Gasteiger partial charge in [0, 0.05) is 13.2 Å². The zero-order valence-corrected chi connectivity index (χ0v) is 11.8. The first-order valence-electron chi connectivity index (χ1n) is 7.79. The zero-order chi connectivity index (χ0) is 13.6. The van der Waals surface area contributed by atoms with Crippen LogP contribution in [-0.2, 0) is 9.53 Å². The molecular formula is C15H27NO3. The van der Waals surface area contributed by atoms with Crippen LogP contribution < -0.4 is 5.32 Å². The highest BCUT2D eigenvalue weighted by Gasteiger charge is 2.33. The van der Waals surface area contributed by atoms with Crippen LogP contribution in [0.4, 0.5) is 0 Å². The van der Waals surface area contributed by atoms with Crippen molar-refractivity contribution in [2.75, 3.05) is 13.2 Å². The molecule has 0 radical (unpaired) electrons. The summed E-state index contributed by atoms with van der Waals surface area (Å²) in [7, 11) is 0. The van der Waals surface area contributed by atoms with E-state index in [1.54, 1.807) is 0 Å². The van der Waals surface area contributed by atoms with E-state index in [2.05, 4.69) is 5.32 Å². The first-order chi connectivity index (χ1) is 9.18. The van der Waals surface area contributed by atoms with Crippen LogP contribution in [0.15, 0.2) is 0 Å². The second-order valence-electron chi connectivity index (χ2n) is 6.09. The number of ether oxygens (including phenoxy) is 1. The summed E-state index contributed by atoms with van der Waals surface area (Å²) in [5, 5.41) is 13.0. The lowest BCUT2D eigenvalue weighted by atomic mass is 9.98. The summed E-state index contributed by atoms with van der Waals surface area (Å²) in [4.78, 5) is 11.7. The number of nitrogens with one attached hydrogen (secondary N) is 1. The van der Waals surface area contributed by atoms with Gasteiger partial charge in [-0.25, -0.2) is 0 Å². The Labute approximate surface area is 115 Å². The average Bonchev–Trinajstić information content (AvgIpc) is 3.00. The van der Waals surface area contributed by atoms with Crippen LogP contribution in [0.3, 0.4) is 0 Å². The van der Waals surface area contributed by atoms with Gasteiger partial charge in [0.25, 0.3) is 0 Å². The third-order valence-electron chi connectivity index (χ3n) is 4.32. The molecule has 1 amide bonds. The van der Waals surface area contributed by atoms with E-state index in [-0.39, 0.29) is 12.3 Å². The normalized spacial score (nSPS) is 22.8. The Hall–Kier alpha value is -0.610. The van der Waals surface area contributed by atoms with Crippen molar-refractivity contribution in [2.24, 2.45) is 0 Å². The molecule has 0 aromatic carbocycles. The van der Waals surface area contributed by atoms with Crippen LogP contribution in [0.2, 0.25) is 0 Å². The van der Waals surface area contributed by atoms with Gasteiger partial charge in [-0.2, -0.15) is 0 Å². The standard InChI is InChI=1S/C15H27NO3/c17-14(12-15(18)8-3-4-9-15)16-10-5-11-19-13-6-1-2-7-13/h13,18H,1-12H2,(H,16,17). The molecule has 110 valence electrons. The summed E-state index contributed by atoms with van der Waals surface area (Å²) in [5.41, 5.74) is -0.732.